The van der Waals surface area contributed by atoms with E-state index in [1.165, 1.54) is 12.1 Å². The molecule has 19 heavy (non-hydrogen) atoms. The zero-order chi connectivity index (χ0) is 13.7. The molecule has 0 aromatic carbocycles. The van der Waals surface area contributed by atoms with Gasteiger partial charge in [-0.3, -0.25) is 9.78 Å². The number of pyridine rings is 2. The zero-order valence-electron chi connectivity index (χ0n) is 9.94. The summed E-state index contributed by atoms with van der Waals surface area (Å²) in [4.78, 5) is 19.6. The second kappa shape index (κ2) is 6.50. The van der Waals surface area contributed by atoms with E-state index in [-0.39, 0.29) is 16.2 Å². The molecule has 2 heterocycles. The molecule has 1 amide bonds. The van der Waals surface area contributed by atoms with Crippen LogP contribution in [0.2, 0.25) is 10.3 Å². The minimum atomic E-state index is -0.222. The lowest BCUT2D eigenvalue weighted by Gasteiger charge is -2.06. The number of carbonyl (C=O) groups is 1. The van der Waals surface area contributed by atoms with Crippen LogP contribution in [0.25, 0.3) is 0 Å². The predicted molar refractivity (Wildman–Crippen MR) is 74.5 cm³/mol. The molecule has 0 fully saturated rings. The van der Waals surface area contributed by atoms with Crippen molar-refractivity contribution in [3.8, 4) is 0 Å². The van der Waals surface area contributed by atoms with Crippen molar-refractivity contribution in [3.63, 3.8) is 0 Å². The van der Waals surface area contributed by atoms with Crippen LogP contribution >= 0.6 is 23.2 Å². The van der Waals surface area contributed by atoms with Gasteiger partial charge in [0, 0.05) is 24.5 Å². The van der Waals surface area contributed by atoms with E-state index in [2.05, 4.69) is 15.3 Å². The van der Waals surface area contributed by atoms with Crippen molar-refractivity contribution in [2.24, 2.45) is 0 Å². The number of halogens is 2. The van der Waals surface area contributed by atoms with Crippen molar-refractivity contribution in [2.45, 2.75) is 6.42 Å². The van der Waals surface area contributed by atoms with E-state index in [0.29, 0.717) is 12.1 Å². The fraction of sp³-hybridized carbons (Fsp3) is 0.154. The van der Waals surface area contributed by atoms with E-state index in [0.717, 1.165) is 12.0 Å². The summed E-state index contributed by atoms with van der Waals surface area (Å²) in [5.74, 6) is -0.222. The highest BCUT2D eigenvalue weighted by Crippen LogP contribution is 2.14. The second-order valence-electron chi connectivity index (χ2n) is 3.86. The van der Waals surface area contributed by atoms with Gasteiger partial charge in [-0.05, 0) is 36.2 Å². The zero-order valence-corrected chi connectivity index (χ0v) is 11.4. The van der Waals surface area contributed by atoms with Gasteiger partial charge in [-0.25, -0.2) is 4.98 Å². The fourth-order valence-corrected chi connectivity index (χ4v) is 2.03. The molecular formula is C13H11Cl2N3O. The molecule has 0 saturated heterocycles. The van der Waals surface area contributed by atoms with Crippen LogP contribution in [0.4, 0.5) is 0 Å². The summed E-state index contributed by atoms with van der Waals surface area (Å²) >= 11 is 11.5. The number of amides is 1. The standard InChI is InChI=1S/C13H11Cl2N3O/c14-11-7-10(8-12(15)18-11)13(19)17-6-3-9-1-4-16-5-2-9/h1-2,4-5,7-8H,3,6H2,(H,17,19). The molecule has 0 aliphatic heterocycles. The molecule has 0 atom stereocenters. The minimum Gasteiger partial charge on any atom is -0.352 e. The second-order valence-corrected chi connectivity index (χ2v) is 4.64. The number of nitrogens with one attached hydrogen (secondary N) is 1. The lowest BCUT2D eigenvalue weighted by molar-refractivity contribution is 0.0954. The molecule has 0 bridgehead atoms. The van der Waals surface area contributed by atoms with Crippen LogP contribution < -0.4 is 5.32 Å². The van der Waals surface area contributed by atoms with Crippen molar-refractivity contribution in [1.82, 2.24) is 15.3 Å². The molecule has 0 aliphatic carbocycles. The highest BCUT2D eigenvalue weighted by Gasteiger charge is 2.08. The van der Waals surface area contributed by atoms with Crippen molar-refractivity contribution in [2.75, 3.05) is 6.54 Å². The van der Waals surface area contributed by atoms with Crippen LogP contribution in [0.5, 0.6) is 0 Å². The minimum absolute atomic E-state index is 0.201. The van der Waals surface area contributed by atoms with Gasteiger partial charge in [0.2, 0.25) is 0 Å². The summed E-state index contributed by atoms with van der Waals surface area (Å²) < 4.78 is 0. The molecule has 2 aromatic rings. The van der Waals surface area contributed by atoms with E-state index in [9.17, 15) is 4.79 Å². The number of hydrogen-bond acceptors (Lipinski definition) is 3. The summed E-state index contributed by atoms with van der Waals surface area (Å²) in [5.41, 5.74) is 1.51. The van der Waals surface area contributed by atoms with E-state index in [1.54, 1.807) is 12.4 Å². The Morgan fingerprint density at radius 2 is 1.79 bits per heavy atom. The van der Waals surface area contributed by atoms with E-state index < -0.39 is 0 Å². The molecule has 0 saturated carbocycles. The number of carbonyl (C=O) groups excluding carboxylic acids is 1. The Morgan fingerprint density at radius 1 is 1.16 bits per heavy atom. The number of rotatable bonds is 4. The van der Waals surface area contributed by atoms with Crippen molar-refractivity contribution in [1.29, 1.82) is 0 Å². The van der Waals surface area contributed by atoms with E-state index in [1.807, 2.05) is 12.1 Å². The summed E-state index contributed by atoms with van der Waals surface area (Å²) in [5, 5.41) is 3.20. The molecule has 2 rings (SSSR count). The maximum atomic E-state index is 11.9. The first-order valence-corrected chi connectivity index (χ1v) is 6.41. The lowest BCUT2D eigenvalue weighted by Crippen LogP contribution is -2.25. The van der Waals surface area contributed by atoms with Crippen LogP contribution in [0, 0.1) is 0 Å². The first kappa shape index (κ1) is 13.8. The molecular weight excluding hydrogens is 285 g/mol. The van der Waals surface area contributed by atoms with Gasteiger partial charge in [0.1, 0.15) is 10.3 Å². The predicted octanol–water partition coefficient (Wildman–Crippen LogP) is 2.76. The summed E-state index contributed by atoms with van der Waals surface area (Å²) in [7, 11) is 0. The highest BCUT2D eigenvalue weighted by molar-refractivity contribution is 6.33. The van der Waals surface area contributed by atoms with Gasteiger partial charge in [-0.2, -0.15) is 0 Å². The molecule has 0 spiro atoms. The molecule has 4 nitrogen and oxygen atoms in total. The third-order valence-electron chi connectivity index (χ3n) is 2.47. The average Bonchev–Trinajstić information content (AvgIpc) is 2.38. The summed E-state index contributed by atoms with van der Waals surface area (Å²) in [6.07, 6.45) is 4.18. The Hall–Kier alpha value is -1.65. The topological polar surface area (TPSA) is 54.9 Å². The summed E-state index contributed by atoms with van der Waals surface area (Å²) in [6, 6.07) is 6.78. The van der Waals surface area contributed by atoms with Gasteiger partial charge in [-0.15, -0.1) is 0 Å². The Morgan fingerprint density at radius 3 is 2.42 bits per heavy atom. The first-order chi connectivity index (χ1) is 9.15. The molecule has 0 radical (unpaired) electrons. The fourth-order valence-electron chi connectivity index (χ4n) is 1.57. The van der Waals surface area contributed by atoms with Crippen LogP contribution in [0.15, 0.2) is 36.7 Å². The van der Waals surface area contributed by atoms with E-state index in [4.69, 9.17) is 23.2 Å². The van der Waals surface area contributed by atoms with Crippen LogP contribution in [-0.4, -0.2) is 22.4 Å². The number of aromatic nitrogens is 2. The van der Waals surface area contributed by atoms with Crippen molar-refractivity contribution in [3.05, 3.63) is 58.1 Å². The Balaban J connectivity index is 1.91. The number of nitrogens with zero attached hydrogens (tertiary/aromatic N) is 2. The van der Waals surface area contributed by atoms with Gasteiger partial charge in [0.25, 0.3) is 5.91 Å². The van der Waals surface area contributed by atoms with Crippen LogP contribution in [0.1, 0.15) is 15.9 Å². The molecule has 2 aromatic heterocycles. The van der Waals surface area contributed by atoms with Gasteiger partial charge in [0.15, 0.2) is 0 Å². The molecule has 6 heteroatoms. The SMILES string of the molecule is O=C(NCCc1ccncc1)c1cc(Cl)nc(Cl)c1. The Bertz CT molecular complexity index is 555. The Labute approximate surface area is 120 Å². The molecule has 98 valence electrons. The monoisotopic (exact) mass is 295 g/mol. The van der Waals surface area contributed by atoms with Crippen LogP contribution in [-0.2, 0) is 6.42 Å². The van der Waals surface area contributed by atoms with Crippen molar-refractivity contribution >= 4 is 29.1 Å². The average molecular weight is 296 g/mol. The number of hydrogen-bond donors (Lipinski definition) is 1. The normalized spacial score (nSPS) is 10.2. The highest BCUT2D eigenvalue weighted by atomic mass is 35.5. The Kier molecular flexibility index (Phi) is 4.71. The first-order valence-electron chi connectivity index (χ1n) is 5.65. The summed E-state index contributed by atoms with van der Waals surface area (Å²) in [6.45, 7) is 0.528. The molecule has 1 N–H and O–H groups in total. The van der Waals surface area contributed by atoms with E-state index >= 15 is 0 Å². The van der Waals surface area contributed by atoms with Gasteiger partial charge >= 0.3 is 0 Å². The third kappa shape index (κ3) is 4.19. The quantitative estimate of drug-likeness (QED) is 0.883. The third-order valence-corrected chi connectivity index (χ3v) is 2.86. The smallest absolute Gasteiger partial charge is 0.251 e. The van der Waals surface area contributed by atoms with Crippen LogP contribution in [0.3, 0.4) is 0 Å². The van der Waals surface area contributed by atoms with Gasteiger partial charge in [0.05, 0.1) is 0 Å². The molecule has 0 unspecified atom stereocenters. The maximum absolute atomic E-state index is 11.9. The van der Waals surface area contributed by atoms with Crippen molar-refractivity contribution < 1.29 is 4.79 Å². The molecule has 0 aliphatic rings. The maximum Gasteiger partial charge on any atom is 0.251 e. The van der Waals surface area contributed by atoms with Gasteiger partial charge in [-0.1, -0.05) is 23.2 Å². The largest absolute Gasteiger partial charge is 0.352 e. The lowest BCUT2D eigenvalue weighted by atomic mass is 10.2. The van der Waals surface area contributed by atoms with Gasteiger partial charge < -0.3 is 5.32 Å².